The van der Waals surface area contributed by atoms with Crippen LogP contribution in [-0.4, -0.2) is 49.5 Å². The van der Waals surface area contributed by atoms with Crippen LogP contribution in [0.5, 0.6) is 0 Å². The number of H-pyrrole nitrogens is 2. The quantitative estimate of drug-likeness (QED) is 0.204. The smallest absolute Gasteiger partial charge is 0.348 e. The van der Waals surface area contributed by atoms with Crippen molar-refractivity contribution >= 4 is 27.6 Å². The van der Waals surface area contributed by atoms with Crippen LogP contribution in [0, 0.1) is 23.3 Å². The molecule has 0 bridgehead atoms. The van der Waals surface area contributed by atoms with Gasteiger partial charge < -0.3 is 11.5 Å². The van der Waals surface area contributed by atoms with E-state index in [1.54, 1.807) is 0 Å². The van der Waals surface area contributed by atoms with E-state index in [0.717, 1.165) is 21.3 Å². The van der Waals surface area contributed by atoms with Crippen molar-refractivity contribution in [2.75, 3.05) is 11.5 Å². The highest BCUT2D eigenvalue weighted by molar-refractivity contribution is 9.10. The predicted octanol–water partition coefficient (Wildman–Crippen LogP) is 2.52. The van der Waals surface area contributed by atoms with Gasteiger partial charge in [0.05, 0.1) is 17.6 Å². The molecule has 0 saturated heterocycles. The van der Waals surface area contributed by atoms with E-state index in [-0.39, 0.29) is 46.0 Å². The number of nitrogens with one attached hydrogen (secondary N) is 2. The van der Waals surface area contributed by atoms with Crippen molar-refractivity contribution < 1.29 is 17.6 Å². The second-order valence-corrected chi connectivity index (χ2v) is 9.05. The number of aromatic amines is 2. The third kappa shape index (κ3) is 5.47. The zero-order chi connectivity index (χ0) is 30.8. The normalized spacial score (nSPS) is 10.8. The summed E-state index contributed by atoms with van der Waals surface area (Å²) >= 11 is 3.12. The molecule has 0 amide bonds. The number of anilines is 2. The first kappa shape index (κ1) is 28.8. The summed E-state index contributed by atoms with van der Waals surface area (Å²) in [5, 5.41) is 11.8. The van der Waals surface area contributed by atoms with Gasteiger partial charge in [0.25, 0.3) is 0 Å². The zero-order valence-electron chi connectivity index (χ0n) is 21.1. The molecule has 0 fully saturated rings. The fourth-order valence-corrected chi connectivity index (χ4v) is 4.03. The van der Waals surface area contributed by atoms with E-state index in [0.29, 0.717) is 4.60 Å². The Labute approximate surface area is 244 Å². The molecular weight excluding hydrogens is 644 g/mol. The van der Waals surface area contributed by atoms with Gasteiger partial charge in [-0.1, -0.05) is 12.1 Å². The van der Waals surface area contributed by atoms with E-state index in [9.17, 15) is 27.2 Å². The summed E-state index contributed by atoms with van der Waals surface area (Å²) in [6.45, 7) is 0. The molecule has 6 N–H and O–H groups in total. The lowest BCUT2D eigenvalue weighted by atomic mass is 10.2. The summed E-state index contributed by atoms with van der Waals surface area (Å²) in [6, 6.07) is 6.91. The molecule has 43 heavy (non-hydrogen) atoms. The number of nitrogens with two attached hydrogens (primary N) is 2. The standard InChI is InChI=1S/C12H7BrF2N6O.C12H8F2N6O/c13-7-4-17-10(16)9(18-7)11-19-20-12(22)21(11)6-3-1-2-5(14)8(6)15;13-6-2-1-3-7(8(6)14)20-11(18-19-12(20)21)9-10(15)17-5-4-16-9/h1-4H,(H2,16,17)(H,20,22);1-5H,(H2,15,17)(H,19,21). The molecule has 0 spiro atoms. The summed E-state index contributed by atoms with van der Waals surface area (Å²) in [4.78, 5) is 39.5. The molecule has 6 rings (SSSR count). The molecule has 0 aliphatic carbocycles. The van der Waals surface area contributed by atoms with E-state index < -0.39 is 34.6 Å². The molecule has 0 atom stereocenters. The number of hydrogen-bond donors (Lipinski definition) is 4. The lowest BCUT2D eigenvalue weighted by molar-refractivity contribution is 0.504. The van der Waals surface area contributed by atoms with Gasteiger partial charge in [-0.15, -0.1) is 0 Å². The van der Waals surface area contributed by atoms with E-state index in [2.05, 4.69) is 56.3 Å². The molecule has 0 saturated carbocycles. The average Bonchev–Trinajstić information content (AvgIpc) is 3.56. The molecule has 19 heteroatoms. The first-order valence-corrected chi connectivity index (χ1v) is 12.5. The molecule has 2 aromatic carbocycles. The highest BCUT2D eigenvalue weighted by Crippen LogP contribution is 2.25. The Morgan fingerprint density at radius 1 is 0.698 bits per heavy atom. The van der Waals surface area contributed by atoms with E-state index >= 15 is 0 Å². The van der Waals surface area contributed by atoms with Crippen LogP contribution in [0.15, 0.2) is 69.2 Å². The van der Waals surface area contributed by atoms with Crippen molar-refractivity contribution in [2.45, 2.75) is 0 Å². The van der Waals surface area contributed by atoms with Gasteiger partial charge in [-0.3, -0.25) is 0 Å². The van der Waals surface area contributed by atoms with Crippen LogP contribution in [0.2, 0.25) is 0 Å². The molecule has 6 aromatic rings. The highest BCUT2D eigenvalue weighted by atomic mass is 79.9. The van der Waals surface area contributed by atoms with Crippen molar-refractivity contribution in [3.05, 3.63) is 104 Å². The van der Waals surface area contributed by atoms with Crippen molar-refractivity contribution in [2.24, 2.45) is 0 Å². The third-order valence-electron chi connectivity index (χ3n) is 5.61. The lowest BCUT2D eigenvalue weighted by Crippen LogP contribution is -2.18. The maximum absolute atomic E-state index is 14.0. The van der Waals surface area contributed by atoms with Crippen LogP contribution in [0.3, 0.4) is 0 Å². The largest absolute Gasteiger partial charge is 0.382 e. The number of nitrogens with zero attached hydrogens (tertiary/aromatic N) is 8. The first-order valence-electron chi connectivity index (χ1n) is 11.7. The Balaban J connectivity index is 0.000000171. The van der Waals surface area contributed by atoms with E-state index in [4.69, 9.17) is 11.5 Å². The fraction of sp³-hybridized carbons (Fsp3) is 0. The van der Waals surface area contributed by atoms with Crippen LogP contribution in [0.1, 0.15) is 0 Å². The van der Waals surface area contributed by atoms with Crippen molar-refractivity contribution in [1.29, 1.82) is 0 Å². The molecular formula is C24H15BrF4N12O2. The maximum atomic E-state index is 14.0. The van der Waals surface area contributed by atoms with E-state index in [1.165, 1.54) is 42.9 Å². The average molecular weight is 659 g/mol. The number of benzene rings is 2. The Morgan fingerprint density at radius 3 is 1.72 bits per heavy atom. The molecule has 218 valence electrons. The van der Waals surface area contributed by atoms with Crippen molar-refractivity contribution in [1.82, 2.24) is 49.5 Å². The number of hydrogen-bond acceptors (Lipinski definition) is 10. The van der Waals surface area contributed by atoms with Crippen LogP contribution in [0.4, 0.5) is 29.2 Å². The second-order valence-electron chi connectivity index (χ2n) is 8.24. The summed E-state index contributed by atoms with van der Waals surface area (Å²) < 4.78 is 56.6. The van der Waals surface area contributed by atoms with Crippen molar-refractivity contribution in [3.63, 3.8) is 0 Å². The fourth-order valence-electron chi connectivity index (χ4n) is 3.75. The summed E-state index contributed by atoms with van der Waals surface area (Å²) in [7, 11) is 0. The van der Waals surface area contributed by atoms with Crippen LogP contribution in [0.25, 0.3) is 34.4 Å². The number of nitrogen functional groups attached to an aromatic ring is 2. The van der Waals surface area contributed by atoms with Gasteiger partial charge in [0, 0.05) is 12.4 Å². The Morgan fingerprint density at radius 2 is 1.19 bits per heavy atom. The SMILES string of the molecule is Nc1ncc(Br)nc1-c1n[nH]c(=O)n1-c1cccc(F)c1F.Nc1nccnc1-c1n[nH]c(=O)n1-c1cccc(F)c1F. The predicted molar refractivity (Wildman–Crippen MR) is 147 cm³/mol. The van der Waals surface area contributed by atoms with Gasteiger partial charge in [0.1, 0.15) is 4.60 Å². The molecule has 0 unspecified atom stereocenters. The Hall–Kier alpha value is -5.72. The van der Waals surface area contributed by atoms with Gasteiger partial charge in [-0.2, -0.15) is 10.2 Å². The van der Waals surface area contributed by atoms with Gasteiger partial charge in [0.15, 0.2) is 57.9 Å². The van der Waals surface area contributed by atoms with Gasteiger partial charge in [-0.05, 0) is 40.2 Å². The van der Waals surface area contributed by atoms with Gasteiger partial charge in [-0.25, -0.2) is 66.4 Å². The second kappa shape index (κ2) is 11.6. The maximum Gasteiger partial charge on any atom is 0.348 e. The molecule has 14 nitrogen and oxygen atoms in total. The van der Waals surface area contributed by atoms with Gasteiger partial charge >= 0.3 is 11.4 Å². The molecule has 0 aliphatic rings. The highest BCUT2D eigenvalue weighted by Gasteiger charge is 2.22. The Bertz CT molecular complexity index is 2090. The number of halogens is 5. The summed E-state index contributed by atoms with van der Waals surface area (Å²) in [6.07, 6.45) is 4.06. The molecule has 0 aliphatic heterocycles. The minimum Gasteiger partial charge on any atom is -0.382 e. The summed E-state index contributed by atoms with van der Waals surface area (Å²) in [5.74, 6) is -4.69. The first-order chi connectivity index (χ1) is 20.6. The number of rotatable bonds is 4. The van der Waals surface area contributed by atoms with Crippen LogP contribution >= 0.6 is 15.9 Å². The summed E-state index contributed by atoms with van der Waals surface area (Å²) in [5.41, 5.74) is 9.39. The molecule has 0 radical (unpaired) electrons. The van der Waals surface area contributed by atoms with E-state index in [1.807, 2.05) is 0 Å². The Kier molecular flexibility index (Phi) is 7.80. The topological polar surface area (TPSA) is 205 Å². The molecule has 4 aromatic heterocycles. The van der Waals surface area contributed by atoms with Crippen molar-refractivity contribution in [3.8, 4) is 34.4 Å². The zero-order valence-corrected chi connectivity index (χ0v) is 22.7. The third-order valence-corrected chi connectivity index (χ3v) is 5.99. The van der Waals surface area contributed by atoms with Crippen LogP contribution in [-0.2, 0) is 0 Å². The van der Waals surface area contributed by atoms with Gasteiger partial charge in [0.2, 0.25) is 0 Å². The monoisotopic (exact) mass is 658 g/mol. The lowest BCUT2D eigenvalue weighted by Gasteiger charge is -2.08. The van der Waals surface area contributed by atoms with Crippen LogP contribution < -0.4 is 22.8 Å². The molecule has 4 heterocycles. The minimum atomic E-state index is -1.19. The number of aromatic nitrogens is 10. The minimum absolute atomic E-state index is 0.00885.